The number of anilines is 2. The average molecular weight is 451 g/mol. The summed E-state index contributed by atoms with van der Waals surface area (Å²) in [6, 6.07) is 8.69. The van der Waals surface area contributed by atoms with Crippen LogP contribution in [0.15, 0.2) is 36.4 Å². The lowest BCUT2D eigenvalue weighted by Crippen LogP contribution is -2.54. The Hall–Kier alpha value is -3.46. The fourth-order valence-corrected chi connectivity index (χ4v) is 6.39. The van der Waals surface area contributed by atoms with Gasteiger partial charge in [0.25, 0.3) is 0 Å². The van der Waals surface area contributed by atoms with Crippen molar-refractivity contribution in [2.75, 3.05) is 31.0 Å². The zero-order chi connectivity index (χ0) is 23.1. The Morgan fingerprint density at radius 2 is 1.82 bits per heavy atom. The normalized spacial score (nSPS) is 30.0. The first-order valence-corrected chi connectivity index (χ1v) is 10.9. The molecule has 4 aliphatic rings. The number of carbonyl (C=O) groups is 3. The first-order valence-electron chi connectivity index (χ1n) is 10.9. The number of hydrogen-bond acceptors (Lipinski definition) is 6. The molecular weight excluding hydrogens is 429 g/mol. The number of nitrogens with one attached hydrogen (secondary N) is 1. The van der Waals surface area contributed by atoms with Crippen LogP contribution in [-0.4, -0.2) is 49.4 Å². The SMILES string of the molecule is COc1ccc(N2C(=O)[C@@H]3[C@@H]4CCCN4[C@@]4(C(=O)Nc5ccc(F)cc54)[C@H]3C2=O)cc1OC. The van der Waals surface area contributed by atoms with Crippen LogP contribution in [0.5, 0.6) is 11.5 Å². The number of nitrogens with zero attached hydrogens (tertiary/aromatic N) is 2. The number of hydrogen-bond donors (Lipinski definition) is 1. The minimum atomic E-state index is -1.40. The first-order chi connectivity index (χ1) is 15.9. The van der Waals surface area contributed by atoms with Gasteiger partial charge in [-0.15, -0.1) is 0 Å². The first kappa shape index (κ1) is 20.2. The van der Waals surface area contributed by atoms with Crippen LogP contribution in [0.3, 0.4) is 0 Å². The molecule has 0 saturated carbocycles. The molecule has 0 aromatic heterocycles. The number of amides is 3. The van der Waals surface area contributed by atoms with E-state index < -0.39 is 29.1 Å². The van der Waals surface area contributed by atoms with E-state index >= 15 is 0 Å². The summed E-state index contributed by atoms with van der Waals surface area (Å²) in [4.78, 5) is 44.3. The smallest absolute Gasteiger partial charge is 0.250 e. The number of ether oxygens (including phenoxy) is 2. The van der Waals surface area contributed by atoms with Crippen molar-refractivity contribution in [2.45, 2.75) is 24.4 Å². The number of methoxy groups -OCH3 is 2. The average Bonchev–Trinajstić information content (AvgIpc) is 3.52. The molecule has 4 aliphatic heterocycles. The van der Waals surface area contributed by atoms with Gasteiger partial charge < -0.3 is 14.8 Å². The molecule has 0 aliphatic carbocycles. The molecule has 1 N–H and O–H groups in total. The fraction of sp³-hybridized carbons (Fsp3) is 0.375. The summed E-state index contributed by atoms with van der Waals surface area (Å²) in [5.74, 6) is -2.44. The highest BCUT2D eigenvalue weighted by Crippen LogP contribution is 2.60. The summed E-state index contributed by atoms with van der Waals surface area (Å²) in [5, 5.41) is 2.84. The van der Waals surface area contributed by atoms with Crippen LogP contribution in [0.25, 0.3) is 0 Å². The van der Waals surface area contributed by atoms with Crippen molar-refractivity contribution in [2.24, 2.45) is 11.8 Å². The second kappa shape index (κ2) is 6.77. The number of halogens is 1. The van der Waals surface area contributed by atoms with Gasteiger partial charge in [0.1, 0.15) is 11.4 Å². The number of rotatable bonds is 3. The number of benzene rings is 2. The van der Waals surface area contributed by atoms with E-state index in [1.165, 1.54) is 32.4 Å². The van der Waals surface area contributed by atoms with Crippen molar-refractivity contribution >= 4 is 29.1 Å². The number of fused-ring (bicyclic) bond motifs is 7. The van der Waals surface area contributed by atoms with Gasteiger partial charge in [0.15, 0.2) is 11.5 Å². The standard InChI is InChI=1S/C24H22FN3O5/c1-32-17-8-6-13(11-18(17)33-2)28-21(29)19-16-4-3-9-27(16)24(20(19)22(28)30)14-10-12(25)5-7-15(14)26-23(24)31/h5-8,10-11,16,19-20H,3-4,9H2,1-2H3,(H,26,31)/t16-,19+,20+,24+/m0/s1. The third-order valence-electron chi connectivity index (χ3n) is 7.58. The predicted octanol–water partition coefficient (Wildman–Crippen LogP) is 2.27. The van der Waals surface area contributed by atoms with Crippen LogP contribution in [0, 0.1) is 17.7 Å². The highest BCUT2D eigenvalue weighted by atomic mass is 19.1. The van der Waals surface area contributed by atoms with E-state index in [2.05, 4.69) is 5.32 Å². The van der Waals surface area contributed by atoms with Crippen LogP contribution in [0.2, 0.25) is 0 Å². The second-order valence-electron chi connectivity index (χ2n) is 8.87. The molecule has 1 spiro atoms. The Morgan fingerprint density at radius 3 is 2.58 bits per heavy atom. The van der Waals surface area contributed by atoms with E-state index in [0.717, 1.165) is 11.3 Å². The van der Waals surface area contributed by atoms with Gasteiger partial charge in [-0.05, 0) is 49.7 Å². The summed E-state index contributed by atoms with van der Waals surface area (Å²) in [6.07, 6.45) is 1.49. The third-order valence-corrected chi connectivity index (χ3v) is 7.58. The van der Waals surface area contributed by atoms with Crippen LogP contribution in [0.1, 0.15) is 18.4 Å². The van der Waals surface area contributed by atoms with E-state index in [1.807, 2.05) is 4.90 Å². The van der Waals surface area contributed by atoms with Crippen molar-refractivity contribution in [3.63, 3.8) is 0 Å². The second-order valence-corrected chi connectivity index (χ2v) is 8.87. The minimum absolute atomic E-state index is 0.267. The van der Waals surface area contributed by atoms with Gasteiger partial charge in [0.05, 0.1) is 31.7 Å². The maximum Gasteiger partial charge on any atom is 0.250 e. The molecule has 3 amide bonds. The summed E-state index contributed by atoms with van der Waals surface area (Å²) in [5.41, 5.74) is -0.129. The molecule has 2 aromatic carbocycles. The van der Waals surface area contributed by atoms with Crippen molar-refractivity contribution in [3.8, 4) is 11.5 Å². The largest absolute Gasteiger partial charge is 0.493 e. The molecule has 4 atom stereocenters. The van der Waals surface area contributed by atoms with Gasteiger partial charge in [-0.3, -0.25) is 19.3 Å². The van der Waals surface area contributed by atoms with E-state index in [4.69, 9.17) is 9.47 Å². The highest BCUT2D eigenvalue weighted by molar-refractivity contribution is 6.26. The van der Waals surface area contributed by atoms with E-state index in [-0.39, 0.29) is 17.9 Å². The molecule has 0 radical (unpaired) electrons. The zero-order valence-corrected chi connectivity index (χ0v) is 18.1. The van der Waals surface area contributed by atoms with E-state index in [0.29, 0.717) is 41.4 Å². The molecular formula is C24H22FN3O5. The maximum atomic E-state index is 14.3. The van der Waals surface area contributed by atoms with Gasteiger partial charge in [-0.2, -0.15) is 0 Å². The lowest BCUT2D eigenvalue weighted by molar-refractivity contribution is -0.135. The van der Waals surface area contributed by atoms with E-state index in [9.17, 15) is 18.8 Å². The number of imide groups is 1. The lowest BCUT2D eigenvalue weighted by Gasteiger charge is -2.36. The summed E-state index contributed by atoms with van der Waals surface area (Å²) < 4.78 is 25.0. The third kappa shape index (κ3) is 2.35. The summed E-state index contributed by atoms with van der Waals surface area (Å²) in [7, 11) is 2.98. The molecule has 3 saturated heterocycles. The van der Waals surface area contributed by atoms with Crippen LogP contribution < -0.4 is 19.7 Å². The molecule has 6 rings (SSSR count). The molecule has 0 unspecified atom stereocenters. The highest BCUT2D eigenvalue weighted by Gasteiger charge is 2.74. The van der Waals surface area contributed by atoms with Gasteiger partial charge in [-0.1, -0.05) is 0 Å². The Bertz CT molecular complexity index is 1230. The molecule has 33 heavy (non-hydrogen) atoms. The summed E-state index contributed by atoms with van der Waals surface area (Å²) in [6.45, 7) is 0.567. The van der Waals surface area contributed by atoms with Crippen LogP contribution in [0.4, 0.5) is 15.8 Å². The lowest BCUT2D eigenvalue weighted by atomic mass is 9.75. The maximum absolute atomic E-state index is 14.3. The molecule has 2 aromatic rings. The molecule has 170 valence electrons. The molecule has 3 fully saturated rings. The van der Waals surface area contributed by atoms with Gasteiger partial charge in [0.2, 0.25) is 17.7 Å². The molecule has 8 nitrogen and oxygen atoms in total. The summed E-state index contributed by atoms with van der Waals surface area (Å²) >= 11 is 0. The van der Waals surface area contributed by atoms with Crippen molar-refractivity contribution in [1.29, 1.82) is 0 Å². The fourth-order valence-electron chi connectivity index (χ4n) is 6.39. The number of carbonyl (C=O) groups excluding carboxylic acids is 3. The van der Waals surface area contributed by atoms with Crippen LogP contribution in [-0.2, 0) is 19.9 Å². The molecule has 9 heteroatoms. The predicted molar refractivity (Wildman–Crippen MR) is 115 cm³/mol. The Kier molecular flexibility index (Phi) is 4.14. The van der Waals surface area contributed by atoms with Gasteiger partial charge in [-0.25, -0.2) is 9.29 Å². The van der Waals surface area contributed by atoms with Crippen molar-refractivity contribution < 1.29 is 28.2 Å². The monoisotopic (exact) mass is 451 g/mol. The Morgan fingerprint density at radius 1 is 1.03 bits per heavy atom. The quantitative estimate of drug-likeness (QED) is 0.721. The van der Waals surface area contributed by atoms with Gasteiger partial charge >= 0.3 is 0 Å². The Balaban J connectivity index is 1.52. The minimum Gasteiger partial charge on any atom is -0.493 e. The zero-order valence-electron chi connectivity index (χ0n) is 18.1. The Labute approximate surface area is 189 Å². The van der Waals surface area contributed by atoms with Crippen molar-refractivity contribution in [1.82, 2.24) is 4.90 Å². The van der Waals surface area contributed by atoms with Crippen LogP contribution >= 0.6 is 0 Å². The van der Waals surface area contributed by atoms with E-state index in [1.54, 1.807) is 18.2 Å². The van der Waals surface area contributed by atoms with Crippen molar-refractivity contribution in [3.05, 3.63) is 47.8 Å². The topological polar surface area (TPSA) is 88.2 Å². The van der Waals surface area contributed by atoms with Gasteiger partial charge in [0, 0.05) is 23.4 Å². The molecule has 4 heterocycles. The molecule has 0 bridgehead atoms.